The molecule has 0 saturated carbocycles. The van der Waals surface area contributed by atoms with Crippen LogP contribution in [0.15, 0.2) is 5.38 Å². The largest absolute Gasteiger partial charge is 0.483 e. The maximum Gasteiger partial charge on any atom is 0.290 e. The minimum atomic E-state index is -0.448. The Balaban J connectivity index is 0.000000647. The second-order valence-electron chi connectivity index (χ2n) is 5.32. The van der Waals surface area contributed by atoms with Crippen LogP contribution in [0, 0.1) is 0 Å². The Hall–Kier alpha value is -2.26. The average Bonchev–Trinajstić information content (AvgIpc) is 3.11. The first kappa shape index (κ1) is 18.1. The van der Waals surface area contributed by atoms with Crippen LogP contribution in [0.25, 0.3) is 10.7 Å². The Kier molecular flexibility index (Phi) is 6.44. The summed E-state index contributed by atoms with van der Waals surface area (Å²) in [6, 6.07) is 0. The van der Waals surface area contributed by atoms with Gasteiger partial charge in [0.25, 0.3) is 6.47 Å². The van der Waals surface area contributed by atoms with E-state index in [0.717, 1.165) is 23.5 Å². The van der Waals surface area contributed by atoms with Gasteiger partial charge in [-0.05, 0) is 42.2 Å². The second-order valence-corrected chi connectivity index (χ2v) is 6.20. The summed E-state index contributed by atoms with van der Waals surface area (Å²) in [4.78, 5) is 25.0. The fraction of sp³-hybridized carbons (Fsp3) is 0.467. The molecule has 1 aliphatic rings. The molecule has 24 heavy (non-hydrogen) atoms. The quantitative estimate of drug-likeness (QED) is 0.676. The van der Waals surface area contributed by atoms with Crippen LogP contribution in [0.5, 0.6) is 0 Å². The number of aliphatic hydroxyl groups excluding tert-OH is 1. The zero-order valence-electron chi connectivity index (χ0n) is 13.1. The zero-order valence-corrected chi connectivity index (χ0v) is 14.0. The summed E-state index contributed by atoms with van der Waals surface area (Å²) in [5.74, 6) is 0.716. The number of primary amides is 1. The molecule has 1 aliphatic carbocycles. The van der Waals surface area contributed by atoms with Crippen LogP contribution in [0.1, 0.15) is 29.8 Å². The van der Waals surface area contributed by atoms with E-state index >= 15 is 0 Å². The molecule has 4 N–H and O–H groups in total. The lowest BCUT2D eigenvalue weighted by atomic mass is 9.94. The number of carbonyl (C=O) groups excluding carboxylic acids is 1. The number of nitrogens with two attached hydrogens (primary N) is 1. The van der Waals surface area contributed by atoms with E-state index < -0.39 is 5.91 Å². The van der Waals surface area contributed by atoms with Crippen molar-refractivity contribution in [1.82, 2.24) is 14.8 Å². The second kappa shape index (κ2) is 8.55. The van der Waals surface area contributed by atoms with Crippen LogP contribution >= 0.6 is 11.3 Å². The van der Waals surface area contributed by atoms with Gasteiger partial charge in [0.2, 0.25) is 5.91 Å². The van der Waals surface area contributed by atoms with Crippen molar-refractivity contribution in [2.75, 3.05) is 6.61 Å². The number of carbonyl (C=O) groups is 2. The van der Waals surface area contributed by atoms with E-state index in [1.807, 2.05) is 0 Å². The van der Waals surface area contributed by atoms with Gasteiger partial charge in [0.05, 0.1) is 24.4 Å². The number of aromatic nitrogens is 3. The smallest absolute Gasteiger partial charge is 0.290 e. The van der Waals surface area contributed by atoms with E-state index in [2.05, 4.69) is 15.5 Å². The van der Waals surface area contributed by atoms with Crippen LogP contribution in [-0.4, -0.2) is 44.0 Å². The monoisotopic (exact) mass is 352 g/mol. The third-order valence-electron chi connectivity index (χ3n) is 3.67. The fourth-order valence-electron chi connectivity index (χ4n) is 2.75. The van der Waals surface area contributed by atoms with Crippen LogP contribution in [0.4, 0.5) is 0 Å². The van der Waals surface area contributed by atoms with Gasteiger partial charge >= 0.3 is 0 Å². The molecule has 0 unspecified atom stereocenters. The summed E-state index contributed by atoms with van der Waals surface area (Å²) in [7, 11) is 0. The number of amides is 1. The molecule has 0 aromatic carbocycles. The molecule has 3 rings (SSSR count). The van der Waals surface area contributed by atoms with Crippen molar-refractivity contribution in [1.29, 1.82) is 0 Å². The van der Waals surface area contributed by atoms with Crippen LogP contribution in [0.3, 0.4) is 0 Å². The highest BCUT2D eigenvalue weighted by molar-refractivity contribution is 7.13. The van der Waals surface area contributed by atoms with E-state index in [9.17, 15) is 9.90 Å². The Morgan fingerprint density at radius 1 is 1.42 bits per heavy atom. The molecule has 0 aliphatic heterocycles. The summed E-state index contributed by atoms with van der Waals surface area (Å²) < 4.78 is 1.68. The van der Waals surface area contributed by atoms with Crippen molar-refractivity contribution in [3.05, 3.63) is 22.3 Å². The van der Waals surface area contributed by atoms with Gasteiger partial charge in [-0.25, -0.2) is 9.67 Å². The predicted octanol–water partition coefficient (Wildman–Crippen LogP) is 0.606. The van der Waals surface area contributed by atoms with E-state index in [1.54, 1.807) is 16.0 Å². The van der Waals surface area contributed by atoms with Gasteiger partial charge < -0.3 is 15.9 Å². The Labute approximate surface area is 142 Å². The molecular formula is C15H20N4O4S. The van der Waals surface area contributed by atoms with Gasteiger partial charge in [0, 0.05) is 0 Å². The highest BCUT2D eigenvalue weighted by Crippen LogP contribution is 2.36. The number of rotatable bonds is 5. The highest BCUT2D eigenvalue weighted by Gasteiger charge is 2.21. The summed E-state index contributed by atoms with van der Waals surface area (Å²) in [6.45, 7) is 0.105. The molecule has 9 heteroatoms. The molecule has 2 aromatic heterocycles. The molecule has 0 radical (unpaired) electrons. The van der Waals surface area contributed by atoms with Gasteiger partial charge in [0.1, 0.15) is 0 Å². The molecule has 2 heterocycles. The number of hydrogen-bond donors (Lipinski definition) is 3. The molecule has 0 spiro atoms. The number of thiophene rings is 1. The lowest BCUT2D eigenvalue weighted by Gasteiger charge is -2.12. The van der Waals surface area contributed by atoms with Gasteiger partial charge in [0.15, 0.2) is 11.6 Å². The lowest BCUT2D eigenvalue weighted by Crippen LogP contribution is -2.15. The maximum absolute atomic E-state index is 11.1. The van der Waals surface area contributed by atoms with Crippen LogP contribution < -0.4 is 5.73 Å². The van der Waals surface area contributed by atoms with Crippen LogP contribution in [0.2, 0.25) is 0 Å². The average molecular weight is 352 g/mol. The number of carboxylic acid groups (broad SMARTS) is 1. The number of aryl methyl sites for hydroxylation is 1. The number of hydrogen-bond acceptors (Lipinski definition) is 6. The minimum absolute atomic E-state index is 0.0140. The van der Waals surface area contributed by atoms with Crippen molar-refractivity contribution in [3.63, 3.8) is 0 Å². The number of fused-ring (bicyclic) bond motifs is 1. The van der Waals surface area contributed by atoms with E-state index in [4.69, 9.17) is 15.6 Å². The van der Waals surface area contributed by atoms with E-state index in [0.29, 0.717) is 12.4 Å². The van der Waals surface area contributed by atoms with Crippen molar-refractivity contribution in [3.8, 4) is 10.7 Å². The van der Waals surface area contributed by atoms with Gasteiger partial charge in [-0.15, -0.1) is 11.3 Å². The summed E-state index contributed by atoms with van der Waals surface area (Å²) in [6.07, 6.45) is 4.64. The topological polar surface area (TPSA) is 131 Å². The Bertz CT molecular complexity index is 710. The molecule has 0 atom stereocenters. The molecule has 0 bridgehead atoms. The molecule has 2 aromatic rings. The lowest BCUT2D eigenvalue weighted by molar-refractivity contribution is -0.123. The first-order valence-corrected chi connectivity index (χ1v) is 8.49. The molecule has 8 nitrogen and oxygen atoms in total. The number of aliphatic hydroxyl groups is 1. The minimum Gasteiger partial charge on any atom is -0.483 e. The molecule has 0 fully saturated rings. The van der Waals surface area contributed by atoms with Gasteiger partial charge in [-0.1, -0.05) is 0 Å². The first-order chi connectivity index (χ1) is 11.6. The van der Waals surface area contributed by atoms with Gasteiger partial charge in [-0.3, -0.25) is 9.59 Å². The standard InChI is InChI=1S/C14H18N4O2S.CH2O2/c15-11(20)7-12-16-14(18(17-12)5-6-19)13-10-4-2-1-3-9(10)8-21-13;2-1-3/h8,19H,1-7H2,(H2,15,20);1H,(H,2,3). The molecule has 130 valence electrons. The SMILES string of the molecule is NC(=O)Cc1nc(-c2scc3c2CCCC3)n(CCO)n1.O=CO. The molecular weight excluding hydrogens is 332 g/mol. The molecule has 1 amide bonds. The first-order valence-electron chi connectivity index (χ1n) is 7.61. The Morgan fingerprint density at radius 2 is 2.12 bits per heavy atom. The predicted molar refractivity (Wildman–Crippen MR) is 88.7 cm³/mol. The Morgan fingerprint density at radius 3 is 2.79 bits per heavy atom. The zero-order chi connectivity index (χ0) is 17.5. The van der Waals surface area contributed by atoms with Gasteiger partial charge in [-0.2, -0.15) is 5.10 Å². The number of nitrogens with zero attached hydrogens (tertiary/aromatic N) is 3. The third-order valence-corrected chi connectivity index (χ3v) is 4.73. The van der Waals surface area contributed by atoms with Crippen molar-refractivity contribution >= 4 is 23.7 Å². The van der Waals surface area contributed by atoms with Crippen molar-refractivity contribution < 1.29 is 19.8 Å². The van der Waals surface area contributed by atoms with E-state index in [-0.39, 0.29) is 19.5 Å². The highest BCUT2D eigenvalue weighted by atomic mass is 32.1. The normalized spacial score (nSPS) is 12.9. The summed E-state index contributed by atoms with van der Waals surface area (Å²) in [5.41, 5.74) is 7.96. The van der Waals surface area contributed by atoms with Crippen molar-refractivity contribution in [2.24, 2.45) is 5.73 Å². The fourth-order valence-corrected chi connectivity index (χ4v) is 3.90. The third kappa shape index (κ3) is 4.18. The summed E-state index contributed by atoms with van der Waals surface area (Å²) in [5, 5.41) is 22.6. The van der Waals surface area contributed by atoms with Crippen molar-refractivity contribution in [2.45, 2.75) is 38.6 Å². The summed E-state index contributed by atoms with van der Waals surface area (Å²) >= 11 is 1.67. The van der Waals surface area contributed by atoms with Crippen LogP contribution in [-0.2, 0) is 35.4 Å². The maximum atomic E-state index is 11.1. The molecule has 0 saturated heterocycles. The van der Waals surface area contributed by atoms with E-state index in [1.165, 1.54) is 24.0 Å².